The predicted octanol–water partition coefficient (Wildman–Crippen LogP) is 7.17. The minimum Gasteiger partial charge on any atom is -0.493 e. The summed E-state index contributed by atoms with van der Waals surface area (Å²) >= 11 is 5.91. The van der Waals surface area contributed by atoms with Crippen LogP contribution in [0.5, 0.6) is 11.5 Å². The van der Waals surface area contributed by atoms with E-state index in [0.29, 0.717) is 34.3 Å². The van der Waals surface area contributed by atoms with Crippen molar-refractivity contribution in [3.63, 3.8) is 0 Å². The molecule has 0 spiro atoms. The smallest absolute Gasteiger partial charge is 0.165 e. The molecular formula is C29H44ClFN4O4. The third-order valence-electron chi connectivity index (χ3n) is 5.25. The molecule has 218 valence electrons. The molecule has 1 unspecified atom stereocenters. The molecule has 0 fully saturated rings. The van der Waals surface area contributed by atoms with Crippen LogP contribution in [0.1, 0.15) is 47.5 Å². The van der Waals surface area contributed by atoms with E-state index in [2.05, 4.69) is 66.6 Å². The Kier molecular flexibility index (Phi) is 18.4. The molecule has 1 atom stereocenters. The van der Waals surface area contributed by atoms with Crippen LogP contribution in [0.2, 0.25) is 5.02 Å². The summed E-state index contributed by atoms with van der Waals surface area (Å²) in [5.74, 6) is 1.08. The second kappa shape index (κ2) is 20.0. The van der Waals surface area contributed by atoms with Crippen LogP contribution in [0.25, 0.3) is 10.9 Å². The molecule has 3 rings (SSSR count). The second-order valence-electron chi connectivity index (χ2n) is 8.77. The van der Waals surface area contributed by atoms with Gasteiger partial charge in [-0.2, -0.15) is 0 Å². The minimum atomic E-state index is -0.538. The number of aromatic nitrogens is 2. The first-order valence-corrected chi connectivity index (χ1v) is 13.1. The molecule has 0 aliphatic carbocycles. The lowest BCUT2D eigenvalue weighted by Gasteiger charge is -2.27. The number of anilines is 2. The van der Waals surface area contributed by atoms with Crippen LogP contribution in [-0.4, -0.2) is 68.7 Å². The fourth-order valence-corrected chi connectivity index (χ4v) is 3.28. The fourth-order valence-electron chi connectivity index (χ4n) is 3.10. The van der Waals surface area contributed by atoms with Crippen molar-refractivity contribution in [3.05, 3.63) is 47.5 Å². The Labute approximate surface area is 237 Å². The fraction of sp³-hybridized carbons (Fsp3) is 0.483. The number of fused-ring (bicyclic) bond motifs is 1. The van der Waals surface area contributed by atoms with Gasteiger partial charge in [-0.25, -0.2) is 14.4 Å². The molecule has 1 N–H and O–H groups in total. The van der Waals surface area contributed by atoms with Crippen molar-refractivity contribution in [2.24, 2.45) is 0 Å². The number of methoxy groups -OCH3 is 2. The molecule has 0 saturated heterocycles. The van der Waals surface area contributed by atoms with Crippen molar-refractivity contribution < 1.29 is 23.4 Å². The first kappa shape index (κ1) is 36.0. The lowest BCUT2D eigenvalue weighted by molar-refractivity contribution is -0.0980. The van der Waals surface area contributed by atoms with Gasteiger partial charge < -0.3 is 29.2 Å². The Morgan fingerprint density at radius 1 is 1.08 bits per heavy atom. The second-order valence-corrected chi connectivity index (χ2v) is 9.17. The molecule has 0 bridgehead atoms. The highest BCUT2D eigenvalue weighted by atomic mass is 35.5. The summed E-state index contributed by atoms with van der Waals surface area (Å²) in [5.41, 5.74) is 0.882. The van der Waals surface area contributed by atoms with E-state index in [0.717, 1.165) is 13.0 Å². The Hall–Kier alpha value is -3.01. The molecule has 2 aromatic carbocycles. The quantitative estimate of drug-likeness (QED) is 0.292. The zero-order valence-corrected chi connectivity index (χ0v) is 25.4. The van der Waals surface area contributed by atoms with Gasteiger partial charge in [0, 0.05) is 38.3 Å². The number of hydrogen-bond donors (Lipinski definition) is 1. The predicted molar refractivity (Wildman–Crippen MR) is 159 cm³/mol. The molecular weight excluding hydrogens is 523 g/mol. The van der Waals surface area contributed by atoms with Gasteiger partial charge in [-0.1, -0.05) is 44.9 Å². The maximum absolute atomic E-state index is 14.4. The molecule has 1 aromatic heterocycles. The standard InChI is InChI=1S/C23H28ClFN4O2.C3H8.C2H6O.CH2O/c1-6-15(12-29(4)14(2)3)31-21-10-16-19(11-20(21)30-5)26-13-27-23(16)28-18-9-7-8-17(24)22(18)25;2*1-3-2;1-2/h7-11,13-15H,6,12H2,1-5H3,(H,26,27,28);3H2,1-2H3;1-2H3;1H2. The number of halogens is 2. The van der Waals surface area contributed by atoms with Gasteiger partial charge in [0.2, 0.25) is 0 Å². The minimum absolute atomic E-state index is 0.0230. The van der Waals surface area contributed by atoms with Crippen LogP contribution in [0.3, 0.4) is 0 Å². The Bertz CT molecular complexity index is 1100. The van der Waals surface area contributed by atoms with Crippen molar-refractivity contribution in [2.75, 3.05) is 40.2 Å². The van der Waals surface area contributed by atoms with E-state index in [1.54, 1.807) is 39.5 Å². The summed E-state index contributed by atoms with van der Waals surface area (Å²) in [7, 11) is 6.92. The number of likely N-dealkylation sites (N-methyl/N-ethyl adjacent to an activating group) is 1. The molecule has 8 nitrogen and oxygen atoms in total. The molecule has 0 aliphatic heterocycles. The first-order valence-electron chi connectivity index (χ1n) is 12.8. The summed E-state index contributed by atoms with van der Waals surface area (Å²) in [6.45, 7) is 13.4. The number of ether oxygens (including phenoxy) is 3. The van der Waals surface area contributed by atoms with Crippen LogP contribution < -0.4 is 14.8 Å². The van der Waals surface area contributed by atoms with Crippen molar-refractivity contribution in [2.45, 2.75) is 59.6 Å². The highest BCUT2D eigenvalue weighted by Crippen LogP contribution is 2.36. The third-order valence-corrected chi connectivity index (χ3v) is 5.54. The molecule has 0 saturated carbocycles. The van der Waals surface area contributed by atoms with E-state index < -0.39 is 5.82 Å². The van der Waals surface area contributed by atoms with E-state index in [-0.39, 0.29) is 16.8 Å². The van der Waals surface area contributed by atoms with Crippen LogP contribution in [0.4, 0.5) is 15.9 Å². The number of hydrogen-bond acceptors (Lipinski definition) is 8. The van der Waals surface area contributed by atoms with Crippen LogP contribution >= 0.6 is 11.6 Å². The zero-order chi connectivity index (χ0) is 30.0. The van der Waals surface area contributed by atoms with Crippen LogP contribution in [0.15, 0.2) is 36.7 Å². The lowest BCUT2D eigenvalue weighted by atomic mass is 10.2. The number of benzene rings is 2. The van der Waals surface area contributed by atoms with Crippen molar-refractivity contribution in [1.29, 1.82) is 0 Å². The van der Waals surface area contributed by atoms with Crippen molar-refractivity contribution >= 4 is 40.8 Å². The summed E-state index contributed by atoms with van der Waals surface area (Å²) < 4.78 is 30.5. The number of nitrogens with one attached hydrogen (secondary N) is 1. The number of carbonyl (C=O) groups is 1. The molecule has 39 heavy (non-hydrogen) atoms. The van der Waals surface area contributed by atoms with E-state index >= 15 is 0 Å². The Balaban J connectivity index is 0.00000162. The average Bonchev–Trinajstić information content (AvgIpc) is 2.92. The maximum Gasteiger partial charge on any atom is 0.165 e. The van der Waals surface area contributed by atoms with Gasteiger partial charge in [0.1, 0.15) is 25.0 Å². The highest BCUT2D eigenvalue weighted by molar-refractivity contribution is 6.31. The van der Waals surface area contributed by atoms with Gasteiger partial charge in [-0.15, -0.1) is 0 Å². The number of rotatable bonds is 9. The molecule has 0 aliphatic rings. The van der Waals surface area contributed by atoms with Gasteiger partial charge in [0.15, 0.2) is 17.3 Å². The van der Waals surface area contributed by atoms with Gasteiger partial charge in [0.25, 0.3) is 0 Å². The summed E-state index contributed by atoms with van der Waals surface area (Å²) in [4.78, 5) is 18.9. The van der Waals surface area contributed by atoms with Gasteiger partial charge in [-0.05, 0) is 45.5 Å². The van der Waals surface area contributed by atoms with Crippen molar-refractivity contribution in [3.8, 4) is 11.5 Å². The van der Waals surface area contributed by atoms with Gasteiger partial charge >= 0.3 is 0 Å². The maximum atomic E-state index is 14.4. The zero-order valence-electron chi connectivity index (χ0n) is 24.7. The SMILES string of the molecule is C=O.CCC.CCC(CN(C)C(C)C)Oc1cc2c(Nc3cccc(Cl)c3F)ncnc2cc1OC.COC. The summed E-state index contributed by atoms with van der Waals surface area (Å²) in [6.07, 6.45) is 3.48. The molecule has 3 aromatic rings. The number of carbonyl (C=O) groups excluding carboxylic acids is 1. The molecule has 10 heteroatoms. The van der Waals surface area contributed by atoms with Crippen LogP contribution in [0, 0.1) is 5.82 Å². The molecule has 0 radical (unpaired) electrons. The monoisotopic (exact) mass is 566 g/mol. The highest BCUT2D eigenvalue weighted by Gasteiger charge is 2.18. The summed E-state index contributed by atoms with van der Waals surface area (Å²) in [5, 5.41) is 3.74. The van der Waals surface area contributed by atoms with E-state index in [1.807, 2.05) is 12.9 Å². The third kappa shape index (κ3) is 11.7. The van der Waals surface area contributed by atoms with Crippen molar-refractivity contribution in [1.82, 2.24) is 14.9 Å². The van der Waals surface area contributed by atoms with E-state index in [4.69, 9.17) is 25.9 Å². The van der Waals surface area contributed by atoms with Gasteiger partial charge in [-0.3, -0.25) is 0 Å². The largest absolute Gasteiger partial charge is 0.493 e. The number of nitrogens with zero attached hydrogens (tertiary/aromatic N) is 3. The van der Waals surface area contributed by atoms with Crippen LogP contribution in [-0.2, 0) is 9.53 Å². The first-order chi connectivity index (χ1) is 18.7. The van der Waals surface area contributed by atoms with E-state index in [9.17, 15) is 4.39 Å². The average molecular weight is 567 g/mol. The summed E-state index contributed by atoms with van der Waals surface area (Å²) in [6, 6.07) is 8.81. The Morgan fingerprint density at radius 2 is 1.69 bits per heavy atom. The topological polar surface area (TPSA) is 85.8 Å². The normalized spacial score (nSPS) is 10.9. The molecule has 1 heterocycles. The van der Waals surface area contributed by atoms with Gasteiger partial charge in [0.05, 0.1) is 23.3 Å². The molecule has 0 amide bonds. The lowest BCUT2D eigenvalue weighted by Crippen LogP contribution is -2.36. The van der Waals surface area contributed by atoms with E-state index in [1.165, 1.54) is 18.8 Å². The Morgan fingerprint density at radius 3 is 2.23 bits per heavy atom.